The fourth-order valence-corrected chi connectivity index (χ4v) is 3.03. The second-order valence-corrected chi connectivity index (χ2v) is 6.84. The number of aliphatic hydroxyl groups excluding tert-OH is 1. The van der Waals surface area contributed by atoms with Gasteiger partial charge in [0.2, 0.25) is 0 Å². The van der Waals surface area contributed by atoms with E-state index in [4.69, 9.17) is 5.26 Å². The molecule has 0 saturated carbocycles. The number of carbonyl (C=O) groups is 1. The van der Waals surface area contributed by atoms with Crippen molar-refractivity contribution in [2.45, 2.75) is 39.7 Å². The Morgan fingerprint density at radius 2 is 2.04 bits per heavy atom. The van der Waals surface area contributed by atoms with Gasteiger partial charge in [0.15, 0.2) is 5.78 Å². The highest BCUT2D eigenvalue weighted by Crippen LogP contribution is 2.40. The van der Waals surface area contributed by atoms with E-state index in [0.29, 0.717) is 5.56 Å². The molecule has 1 aliphatic rings. The fraction of sp³-hybridized carbons (Fsp3) is 0.333. The molecule has 3 nitrogen and oxygen atoms in total. The highest BCUT2D eigenvalue weighted by atomic mass is 16.3. The van der Waals surface area contributed by atoms with Crippen LogP contribution in [0.2, 0.25) is 0 Å². The summed E-state index contributed by atoms with van der Waals surface area (Å²) in [6.45, 7) is 6.20. The van der Waals surface area contributed by atoms with Crippen LogP contribution >= 0.6 is 0 Å². The van der Waals surface area contributed by atoms with Crippen LogP contribution in [0.4, 0.5) is 0 Å². The summed E-state index contributed by atoms with van der Waals surface area (Å²) < 4.78 is 0. The van der Waals surface area contributed by atoms with E-state index in [1.54, 1.807) is 30.4 Å². The summed E-state index contributed by atoms with van der Waals surface area (Å²) in [6.07, 6.45) is 7.82. The Hall–Kier alpha value is -2.44. The molecule has 2 rings (SSSR count). The van der Waals surface area contributed by atoms with E-state index in [0.717, 1.165) is 29.6 Å². The lowest BCUT2D eigenvalue weighted by Gasteiger charge is -2.35. The van der Waals surface area contributed by atoms with Gasteiger partial charge in [-0.2, -0.15) is 5.26 Å². The number of rotatable bonds is 4. The first kappa shape index (κ1) is 17.9. The van der Waals surface area contributed by atoms with Gasteiger partial charge in [-0.15, -0.1) is 0 Å². The molecule has 0 fully saturated rings. The Bertz CT molecular complexity index is 760. The number of nitrogens with zero attached hydrogens (tertiary/aromatic N) is 1. The van der Waals surface area contributed by atoms with Crippen molar-refractivity contribution in [1.29, 1.82) is 5.26 Å². The molecule has 1 N–H and O–H groups in total. The van der Waals surface area contributed by atoms with Crippen LogP contribution in [0.1, 0.15) is 44.7 Å². The SMILES string of the molecule is CC1=C(/C=C/C(=O)/C=C/c2cccc(C#N)c2)C(C)(C)CCC1O. The lowest BCUT2D eigenvalue weighted by molar-refractivity contribution is -0.110. The summed E-state index contributed by atoms with van der Waals surface area (Å²) in [4.78, 5) is 12.1. The highest BCUT2D eigenvalue weighted by Gasteiger charge is 2.30. The van der Waals surface area contributed by atoms with E-state index in [1.165, 1.54) is 6.08 Å². The molecule has 124 valence electrons. The largest absolute Gasteiger partial charge is 0.389 e. The summed E-state index contributed by atoms with van der Waals surface area (Å²) in [6, 6.07) is 9.18. The Morgan fingerprint density at radius 1 is 1.33 bits per heavy atom. The molecule has 0 aliphatic heterocycles. The third-order valence-electron chi connectivity index (χ3n) is 4.57. The number of benzene rings is 1. The minimum absolute atomic E-state index is 0.0368. The van der Waals surface area contributed by atoms with Crippen molar-refractivity contribution in [2.75, 3.05) is 0 Å². The summed E-state index contributed by atoms with van der Waals surface area (Å²) in [5.41, 5.74) is 3.33. The van der Waals surface area contributed by atoms with E-state index in [-0.39, 0.29) is 11.2 Å². The van der Waals surface area contributed by atoms with Gasteiger partial charge in [-0.1, -0.05) is 38.1 Å². The number of nitriles is 1. The zero-order valence-corrected chi connectivity index (χ0v) is 14.4. The molecule has 3 heteroatoms. The van der Waals surface area contributed by atoms with Crippen LogP contribution in [-0.4, -0.2) is 17.0 Å². The molecule has 1 aromatic rings. The van der Waals surface area contributed by atoms with E-state index in [1.807, 2.05) is 19.1 Å². The minimum Gasteiger partial charge on any atom is -0.389 e. The molecular weight excluding hydrogens is 298 g/mol. The Balaban J connectivity index is 2.14. The van der Waals surface area contributed by atoms with Crippen LogP contribution in [0.3, 0.4) is 0 Å². The van der Waals surface area contributed by atoms with Gasteiger partial charge >= 0.3 is 0 Å². The van der Waals surface area contributed by atoms with Crippen molar-refractivity contribution >= 4 is 11.9 Å². The lowest BCUT2D eigenvalue weighted by Crippen LogP contribution is -2.27. The van der Waals surface area contributed by atoms with Gasteiger partial charge in [0.25, 0.3) is 0 Å². The molecule has 1 atom stereocenters. The second-order valence-electron chi connectivity index (χ2n) is 6.84. The van der Waals surface area contributed by atoms with Crippen molar-refractivity contribution in [3.63, 3.8) is 0 Å². The number of carbonyl (C=O) groups excluding carboxylic acids is 1. The molecule has 0 heterocycles. The molecule has 0 aromatic heterocycles. The fourth-order valence-electron chi connectivity index (χ4n) is 3.03. The van der Waals surface area contributed by atoms with Crippen molar-refractivity contribution in [3.8, 4) is 6.07 Å². The maximum absolute atomic E-state index is 12.1. The normalized spacial score (nSPS) is 20.5. The average Bonchev–Trinajstić information content (AvgIpc) is 2.56. The number of ketones is 1. The standard InChI is InChI=1S/C21H23NO2/c1-15-19(21(2,3)12-11-20(15)24)10-9-18(23)8-7-16-5-4-6-17(13-16)14-22/h4-10,13,20,24H,11-12H2,1-3H3/b8-7+,10-9+. The van der Waals surface area contributed by atoms with Gasteiger partial charge in [0, 0.05) is 0 Å². The maximum Gasteiger partial charge on any atom is 0.178 e. The molecule has 0 saturated heterocycles. The monoisotopic (exact) mass is 321 g/mol. The predicted octanol–water partition coefficient (Wildman–Crippen LogP) is 4.19. The van der Waals surface area contributed by atoms with Crippen molar-refractivity contribution in [3.05, 3.63) is 64.8 Å². The summed E-state index contributed by atoms with van der Waals surface area (Å²) in [5.74, 6) is -0.117. The topological polar surface area (TPSA) is 61.1 Å². The van der Waals surface area contributed by atoms with Crippen LogP contribution < -0.4 is 0 Å². The summed E-state index contributed by atoms with van der Waals surface area (Å²) in [7, 11) is 0. The number of allylic oxidation sites excluding steroid dienone is 4. The minimum atomic E-state index is -0.419. The van der Waals surface area contributed by atoms with Gasteiger partial charge in [-0.25, -0.2) is 0 Å². The first-order valence-corrected chi connectivity index (χ1v) is 8.13. The predicted molar refractivity (Wildman–Crippen MR) is 96.1 cm³/mol. The highest BCUT2D eigenvalue weighted by molar-refractivity contribution is 6.02. The Labute approximate surface area is 143 Å². The van der Waals surface area contributed by atoms with Crippen LogP contribution in [0, 0.1) is 16.7 Å². The van der Waals surface area contributed by atoms with Gasteiger partial charge in [0.05, 0.1) is 17.7 Å². The molecule has 24 heavy (non-hydrogen) atoms. The lowest BCUT2D eigenvalue weighted by atomic mass is 9.71. The first-order chi connectivity index (χ1) is 11.3. The average molecular weight is 321 g/mol. The summed E-state index contributed by atoms with van der Waals surface area (Å²) >= 11 is 0. The molecule has 0 bridgehead atoms. The Kier molecular flexibility index (Phi) is 5.54. The van der Waals surface area contributed by atoms with Crippen molar-refractivity contribution in [2.24, 2.45) is 5.41 Å². The number of hydrogen-bond donors (Lipinski definition) is 1. The number of hydrogen-bond acceptors (Lipinski definition) is 3. The van der Waals surface area contributed by atoms with Gasteiger partial charge in [-0.3, -0.25) is 4.79 Å². The molecule has 0 radical (unpaired) electrons. The molecule has 1 aliphatic carbocycles. The number of aliphatic hydroxyl groups is 1. The van der Waals surface area contributed by atoms with Crippen LogP contribution in [-0.2, 0) is 4.79 Å². The van der Waals surface area contributed by atoms with Crippen LogP contribution in [0.25, 0.3) is 6.08 Å². The van der Waals surface area contributed by atoms with Crippen LogP contribution in [0.5, 0.6) is 0 Å². The molecule has 1 unspecified atom stereocenters. The molecular formula is C21H23NO2. The maximum atomic E-state index is 12.1. The van der Waals surface area contributed by atoms with Gasteiger partial charge < -0.3 is 5.11 Å². The van der Waals surface area contributed by atoms with Crippen molar-refractivity contribution < 1.29 is 9.90 Å². The zero-order valence-electron chi connectivity index (χ0n) is 14.4. The van der Waals surface area contributed by atoms with E-state index >= 15 is 0 Å². The van der Waals surface area contributed by atoms with Crippen LogP contribution in [0.15, 0.2) is 53.6 Å². The Morgan fingerprint density at radius 3 is 2.75 bits per heavy atom. The summed E-state index contributed by atoms with van der Waals surface area (Å²) in [5, 5.41) is 18.9. The van der Waals surface area contributed by atoms with Crippen molar-refractivity contribution in [1.82, 2.24) is 0 Å². The van der Waals surface area contributed by atoms with E-state index in [9.17, 15) is 9.90 Å². The zero-order chi connectivity index (χ0) is 17.7. The molecule has 0 spiro atoms. The molecule has 0 amide bonds. The smallest absolute Gasteiger partial charge is 0.178 e. The quantitative estimate of drug-likeness (QED) is 0.846. The van der Waals surface area contributed by atoms with Gasteiger partial charge in [-0.05, 0) is 66.2 Å². The van der Waals surface area contributed by atoms with E-state index < -0.39 is 6.10 Å². The third kappa shape index (κ3) is 4.31. The molecule has 1 aromatic carbocycles. The third-order valence-corrected chi connectivity index (χ3v) is 4.57. The van der Waals surface area contributed by atoms with Gasteiger partial charge in [0.1, 0.15) is 0 Å². The second kappa shape index (κ2) is 7.42. The first-order valence-electron chi connectivity index (χ1n) is 8.13. The van der Waals surface area contributed by atoms with E-state index in [2.05, 4.69) is 19.9 Å².